The maximum Gasteiger partial charge on any atom is 0.289 e. The molecule has 0 amide bonds. The lowest BCUT2D eigenvalue weighted by Gasteiger charge is -2.08. The van der Waals surface area contributed by atoms with E-state index in [1.165, 1.54) is 24.8 Å². The molecule has 20 heavy (non-hydrogen) atoms. The summed E-state index contributed by atoms with van der Waals surface area (Å²) in [5.74, 6) is 0. The van der Waals surface area contributed by atoms with E-state index in [4.69, 9.17) is 0 Å². The van der Waals surface area contributed by atoms with Crippen LogP contribution in [0.2, 0.25) is 0 Å². The number of anilines is 1. The van der Waals surface area contributed by atoms with Gasteiger partial charge >= 0.3 is 0 Å². The third-order valence-corrected chi connectivity index (χ3v) is 4.12. The molecule has 8 nitrogen and oxygen atoms in total. The summed E-state index contributed by atoms with van der Waals surface area (Å²) >= 11 is 3.08. The minimum absolute atomic E-state index is 0.113. The highest BCUT2D eigenvalue weighted by atomic mass is 79.9. The average molecular weight is 359 g/mol. The van der Waals surface area contributed by atoms with Crippen LogP contribution in [0.1, 0.15) is 0 Å². The Morgan fingerprint density at radius 3 is 2.50 bits per heavy atom. The van der Waals surface area contributed by atoms with Gasteiger partial charge in [-0.3, -0.25) is 14.8 Å². The lowest BCUT2D eigenvalue weighted by atomic mass is 10.3. The first-order valence-corrected chi connectivity index (χ1v) is 7.39. The molecule has 104 valence electrons. The van der Waals surface area contributed by atoms with E-state index < -0.39 is 25.5 Å². The van der Waals surface area contributed by atoms with Gasteiger partial charge < -0.3 is 0 Å². The Morgan fingerprint density at radius 2 is 1.90 bits per heavy atom. The van der Waals surface area contributed by atoms with E-state index in [9.17, 15) is 18.5 Å². The fraction of sp³-hybridized carbons (Fsp3) is 0. The van der Waals surface area contributed by atoms with Crippen LogP contribution >= 0.6 is 15.9 Å². The maximum absolute atomic E-state index is 12.2. The van der Waals surface area contributed by atoms with Crippen LogP contribution in [0.5, 0.6) is 0 Å². The van der Waals surface area contributed by atoms with Crippen molar-refractivity contribution in [2.45, 2.75) is 4.90 Å². The third kappa shape index (κ3) is 3.08. The summed E-state index contributed by atoms with van der Waals surface area (Å²) in [6, 6.07) is 3.66. The molecule has 0 aliphatic heterocycles. The zero-order valence-electron chi connectivity index (χ0n) is 9.72. The molecule has 0 atom stereocenters. The Balaban J connectivity index is 2.49. The van der Waals surface area contributed by atoms with Crippen LogP contribution in [-0.4, -0.2) is 23.3 Å². The molecule has 0 fully saturated rings. The van der Waals surface area contributed by atoms with Crippen LogP contribution in [-0.2, 0) is 10.0 Å². The molecule has 0 bridgehead atoms. The second-order valence-electron chi connectivity index (χ2n) is 3.60. The lowest BCUT2D eigenvalue weighted by molar-refractivity contribution is -0.387. The minimum Gasteiger partial charge on any atom is -0.276 e. The predicted octanol–water partition coefficient (Wildman–Crippen LogP) is 1.95. The second-order valence-corrected chi connectivity index (χ2v) is 6.17. The van der Waals surface area contributed by atoms with Gasteiger partial charge in [0.05, 0.1) is 23.0 Å². The Hall–Kier alpha value is -2.07. The summed E-state index contributed by atoms with van der Waals surface area (Å²) < 4.78 is 27.0. The van der Waals surface area contributed by atoms with E-state index >= 15 is 0 Å². The van der Waals surface area contributed by atoms with Crippen molar-refractivity contribution in [2.75, 3.05) is 4.72 Å². The highest BCUT2D eigenvalue weighted by molar-refractivity contribution is 9.10. The molecule has 1 heterocycles. The van der Waals surface area contributed by atoms with Gasteiger partial charge in [-0.1, -0.05) is 15.9 Å². The van der Waals surface area contributed by atoms with Crippen molar-refractivity contribution in [1.82, 2.24) is 9.97 Å². The van der Waals surface area contributed by atoms with Gasteiger partial charge in [0, 0.05) is 10.5 Å². The van der Waals surface area contributed by atoms with E-state index in [2.05, 4.69) is 30.6 Å². The largest absolute Gasteiger partial charge is 0.289 e. The van der Waals surface area contributed by atoms with Crippen molar-refractivity contribution in [3.8, 4) is 0 Å². The number of rotatable bonds is 4. The van der Waals surface area contributed by atoms with Gasteiger partial charge in [-0.2, -0.15) is 0 Å². The number of benzene rings is 1. The van der Waals surface area contributed by atoms with Crippen LogP contribution in [0.4, 0.5) is 11.4 Å². The van der Waals surface area contributed by atoms with Crippen molar-refractivity contribution in [2.24, 2.45) is 0 Å². The Bertz CT molecular complexity index is 751. The van der Waals surface area contributed by atoms with Gasteiger partial charge in [0.15, 0.2) is 4.90 Å². The van der Waals surface area contributed by atoms with Crippen LogP contribution < -0.4 is 4.72 Å². The number of nitro groups is 1. The van der Waals surface area contributed by atoms with Crippen molar-refractivity contribution < 1.29 is 13.3 Å². The topological polar surface area (TPSA) is 115 Å². The molecule has 2 aromatic rings. The summed E-state index contributed by atoms with van der Waals surface area (Å²) in [7, 11) is -4.11. The predicted molar refractivity (Wildman–Crippen MR) is 73.6 cm³/mol. The zero-order valence-corrected chi connectivity index (χ0v) is 12.1. The van der Waals surface area contributed by atoms with Crippen molar-refractivity contribution in [1.29, 1.82) is 0 Å². The first-order valence-electron chi connectivity index (χ1n) is 5.12. The highest BCUT2D eigenvalue weighted by Gasteiger charge is 2.26. The normalized spacial score (nSPS) is 11.1. The average Bonchev–Trinajstić information content (AvgIpc) is 2.39. The first kappa shape index (κ1) is 14.3. The number of nitrogens with one attached hydrogen (secondary N) is 1. The molecular weight excluding hydrogens is 352 g/mol. The molecule has 0 saturated carbocycles. The molecular formula is C10H7BrN4O4S. The lowest BCUT2D eigenvalue weighted by Crippen LogP contribution is -2.15. The SMILES string of the molecule is O=[N+]([O-])c1ccc(Br)cc1S(=O)(=O)Nc1cncnc1. The van der Waals surface area contributed by atoms with Crippen LogP contribution in [0.3, 0.4) is 0 Å². The van der Waals surface area contributed by atoms with Crippen LogP contribution in [0, 0.1) is 10.1 Å². The molecule has 1 N–H and O–H groups in total. The number of aromatic nitrogens is 2. The molecule has 0 aliphatic rings. The fourth-order valence-corrected chi connectivity index (χ4v) is 3.15. The van der Waals surface area contributed by atoms with E-state index in [1.807, 2.05) is 0 Å². The minimum atomic E-state index is -4.11. The number of hydrogen-bond acceptors (Lipinski definition) is 6. The molecule has 10 heteroatoms. The smallest absolute Gasteiger partial charge is 0.276 e. The molecule has 0 spiro atoms. The van der Waals surface area contributed by atoms with Crippen molar-refractivity contribution in [3.05, 3.63) is 51.5 Å². The van der Waals surface area contributed by atoms with Gasteiger partial charge in [-0.05, 0) is 12.1 Å². The van der Waals surface area contributed by atoms with Crippen LogP contribution in [0.25, 0.3) is 0 Å². The molecule has 0 radical (unpaired) electrons. The van der Waals surface area contributed by atoms with E-state index in [-0.39, 0.29) is 5.69 Å². The number of nitrogens with zero attached hydrogens (tertiary/aromatic N) is 3. The highest BCUT2D eigenvalue weighted by Crippen LogP contribution is 2.28. The Morgan fingerprint density at radius 1 is 1.25 bits per heavy atom. The van der Waals surface area contributed by atoms with Crippen LogP contribution in [0.15, 0.2) is 46.3 Å². The fourth-order valence-electron chi connectivity index (χ4n) is 1.42. The molecule has 1 aromatic carbocycles. The van der Waals surface area contributed by atoms with E-state index in [0.717, 1.165) is 12.1 Å². The third-order valence-electron chi connectivity index (χ3n) is 2.22. The van der Waals surface area contributed by atoms with Gasteiger partial charge in [-0.25, -0.2) is 18.4 Å². The Kier molecular flexibility index (Phi) is 3.95. The van der Waals surface area contributed by atoms with E-state index in [0.29, 0.717) is 4.47 Å². The molecule has 0 unspecified atom stereocenters. The maximum atomic E-state index is 12.2. The molecule has 2 rings (SSSR count). The van der Waals surface area contributed by atoms with Gasteiger partial charge in [0.25, 0.3) is 15.7 Å². The first-order chi connectivity index (χ1) is 9.40. The number of halogens is 1. The standard InChI is InChI=1S/C10H7BrN4O4S/c11-7-1-2-9(15(16)17)10(3-7)20(18,19)14-8-4-12-6-13-5-8/h1-6,14H. The number of nitro benzene ring substituents is 1. The quantitative estimate of drug-likeness (QED) is 0.659. The molecule has 0 saturated heterocycles. The van der Waals surface area contributed by atoms with Crippen molar-refractivity contribution >= 4 is 37.3 Å². The van der Waals surface area contributed by atoms with Gasteiger partial charge in [-0.15, -0.1) is 0 Å². The van der Waals surface area contributed by atoms with E-state index in [1.54, 1.807) is 0 Å². The summed E-state index contributed by atoms with van der Waals surface area (Å²) in [5, 5.41) is 10.9. The number of sulfonamides is 1. The molecule has 1 aromatic heterocycles. The zero-order chi connectivity index (χ0) is 14.8. The summed E-state index contributed by atoms with van der Waals surface area (Å²) in [6.07, 6.45) is 3.72. The van der Waals surface area contributed by atoms with Crippen molar-refractivity contribution in [3.63, 3.8) is 0 Å². The number of hydrogen-bond donors (Lipinski definition) is 1. The second kappa shape index (κ2) is 5.51. The van der Waals surface area contributed by atoms with Gasteiger partial charge in [0.1, 0.15) is 6.33 Å². The molecule has 0 aliphatic carbocycles. The summed E-state index contributed by atoms with van der Waals surface area (Å²) in [4.78, 5) is 17.0. The summed E-state index contributed by atoms with van der Waals surface area (Å²) in [5.41, 5.74) is -0.403. The van der Waals surface area contributed by atoms with Gasteiger partial charge in [0.2, 0.25) is 0 Å². The Labute approximate surface area is 122 Å². The monoisotopic (exact) mass is 358 g/mol. The summed E-state index contributed by atoms with van der Waals surface area (Å²) in [6.45, 7) is 0.